The average Bonchev–Trinajstić information content (AvgIpc) is 2.45. The number of aromatic nitrogens is 2. The Kier molecular flexibility index (Phi) is 4.30. The average molecular weight is 296 g/mol. The molecule has 0 bridgehead atoms. The molecule has 21 heavy (non-hydrogen) atoms. The second kappa shape index (κ2) is 5.99. The monoisotopic (exact) mass is 296 g/mol. The molecule has 0 unspecified atom stereocenters. The van der Waals surface area contributed by atoms with E-state index in [1.54, 1.807) is 12.4 Å². The first-order valence-corrected chi connectivity index (χ1v) is 6.30. The van der Waals surface area contributed by atoms with Crippen molar-refractivity contribution in [3.05, 3.63) is 47.3 Å². The lowest BCUT2D eigenvalue weighted by Gasteiger charge is -2.13. The first-order valence-electron chi connectivity index (χ1n) is 6.30. The quantitative estimate of drug-likeness (QED) is 0.907. The number of nitrogens with zero attached hydrogens (tertiary/aromatic N) is 2. The van der Waals surface area contributed by atoms with Crippen LogP contribution >= 0.6 is 0 Å². The molecular weight excluding hydrogens is 281 g/mol. The number of hydrogen-bond acceptors (Lipinski definition) is 4. The number of pyridine rings is 2. The molecule has 0 amide bonds. The summed E-state index contributed by atoms with van der Waals surface area (Å²) in [5.74, 6) is 0.337. The summed E-state index contributed by atoms with van der Waals surface area (Å²) in [4.78, 5) is 8.04. The molecule has 4 nitrogen and oxygen atoms in total. The van der Waals surface area contributed by atoms with Crippen LogP contribution in [0.4, 0.5) is 24.8 Å². The van der Waals surface area contributed by atoms with Crippen molar-refractivity contribution in [3.63, 3.8) is 0 Å². The minimum Gasteiger partial charge on any atom is -0.373 e. The molecule has 0 saturated heterocycles. The van der Waals surface area contributed by atoms with Crippen LogP contribution in [-0.2, 0) is 12.7 Å². The minimum atomic E-state index is -4.41. The minimum absolute atomic E-state index is 0.166. The number of hydrogen-bond donors (Lipinski definition) is 2. The van der Waals surface area contributed by atoms with Crippen molar-refractivity contribution >= 4 is 11.6 Å². The van der Waals surface area contributed by atoms with Crippen molar-refractivity contribution in [3.8, 4) is 0 Å². The predicted molar refractivity (Wildman–Crippen MR) is 75.1 cm³/mol. The standard InChI is InChI=1S/C14H15F3N4/c1-9-7-19-4-3-10(9)8-20-13-6-11(14(15,16)17)5-12(18-2)21-13/h3-7H,8H2,1-2H3,(H2,18,20,21). The SMILES string of the molecule is CNc1cc(C(F)(F)F)cc(NCc2ccncc2C)n1. The molecule has 0 saturated carbocycles. The second-order valence-corrected chi connectivity index (χ2v) is 4.53. The lowest BCUT2D eigenvalue weighted by molar-refractivity contribution is -0.137. The van der Waals surface area contributed by atoms with E-state index in [9.17, 15) is 13.2 Å². The number of aryl methyl sites for hydroxylation is 1. The topological polar surface area (TPSA) is 49.8 Å². The highest BCUT2D eigenvalue weighted by atomic mass is 19.4. The molecule has 2 rings (SSSR count). The van der Waals surface area contributed by atoms with E-state index in [2.05, 4.69) is 20.6 Å². The van der Waals surface area contributed by atoms with Gasteiger partial charge in [0, 0.05) is 26.0 Å². The van der Waals surface area contributed by atoms with E-state index in [0.717, 1.165) is 23.3 Å². The maximum Gasteiger partial charge on any atom is 0.416 e. The zero-order valence-electron chi connectivity index (χ0n) is 11.6. The third-order valence-electron chi connectivity index (χ3n) is 3.01. The third-order valence-corrected chi connectivity index (χ3v) is 3.01. The Morgan fingerprint density at radius 2 is 1.90 bits per heavy atom. The van der Waals surface area contributed by atoms with Crippen LogP contribution in [0, 0.1) is 6.92 Å². The zero-order valence-corrected chi connectivity index (χ0v) is 11.6. The lowest BCUT2D eigenvalue weighted by atomic mass is 10.1. The first kappa shape index (κ1) is 15.1. The molecule has 2 N–H and O–H groups in total. The molecule has 0 spiro atoms. The molecule has 2 heterocycles. The van der Waals surface area contributed by atoms with Gasteiger partial charge in [-0.25, -0.2) is 4.98 Å². The maximum atomic E-state index is 12.8. The Morgan fingerprint density at radius 1 is 1.19 bits per heavy atom. The van der Waals surface area contributed by atoms with Gasteiger partial charge in [0.05, 0.1) is 5.56 Å². The fourth-order valence-corrected chi connectivity index (χ4v) is 1.80. The summed E-state index contributed by atoms with van der Waals surface area (Å²) >= 11 is 0. The van der Waals surface area contributed by atoms with E-state index in [1.807, 2.05) is 13.0 Å². The van der Waals surface area contributed by atoms with Crippen LogP contribution in [0.25, 0.3) is 0 Å². The van der Waals surface area contributed by atoms with Gasteiger partial charge in [-0.3, -0.25) is 4.98 Å². The van der Waals surface area contributed by atoms with Crippen LogP contribution in [0.3, 0.4) is 0 Å². The van der Waals surface area contributed by atoms with Crippen molar-refractivity contribution in [2.75, 3.05) is 17.7 Å². The van der Waals surface area contributed by atoms with Crippen molar-refractivity contribution in [1.29, 1.82) is 0 Å². The van der Waals surface area contributed by atoms with Gasteiger partial charge in [-0.05, 0) is 36.2 Å². The summed E-state index contributed by atoms with van der Waals surface area (Å²) in [6, 6.07) is 3.79. The van der Waals surface area contributed by atoms with Crippen LogP contribution < -0.4 is 10.6 Å². The van der Waals surface area contributed by atoms with E-state index in [4.69, 9.17) is 0 Å². The normalized spacial score (nSPS) is 11.3. The van der Waals surface area contributed by atoms with Crippen LogP contribution in [-0.4, -0.2) is 17.0 Å². The van der Waals surface area contributed by atoms with Crippen molar-refractivity contribution < 1.29 is 13.2 Å². The van der Waals surface area contributed by atoms with E-state index < -0.39 is 11.7 Å². The molecule has 0 fully saturated rings. The van der Waals surface area contributed by atoms with Gasteiger partial charge >= 0.3 is 6.18 Å². The van der Waals surface area contributed by atoms with Gasteiger partial charge in [-0.2, -0.15) is 13.2 Å². The van der Waals surface area contributed by atoms with Gasteiger partial charge in [0.25, 0.3) is 0 Å². The predicted octanol–water partition coefficient (Wildman–Crippen LogP) is 3.46. The highest BCUT2D eigenvalue weighted by molar-refractivity contribution is 5.49. The first-order chi connectivity index (χ1) is 9.90. The van der Waals surface area contributed by atoms with Gasteiger partial charge in [0.15, 0.2) is 0 Å². The summed E-state index contributed by atoms with van der Waals surface area (Å²) in [5, 5.41) is 5.54. The van der Waals surface area contributed by atoms with Crippen LogP contribution in [0.5, 0.6) is 0 Å². The van der Waals surface area contributed by atoms with Gasteiger partial charge in [-0.1, -0.05) is 0 Å². The zero-order chi connectivity index (χ0) is 15.5. The fraction of sp³-hybridized carbons (Fsp3) is 0.286. The number of alkyl halides is 3. The second-order valence-electron chi connectivity index (χ2n) is 4.53. The summed E-state index contributed by atoms with van der Waals surface area (Å²) in [5.41, 5.74) is 1.18. The Labute approximate surface area is 120 Å². The Hall–Kier alpha value is -2.31. The van der Waals surface area contributed by atoms with E-state index in [0.29, 0.717) is 6.54 Å². The van der Waals surface area contributed by atoms with Crippen molar-refractivity contribution in [2.24, 2.45) is 0 Å². The Bertz CT molecular complexity index is 626. The Morgan fingerprint density at radius 3 is 2.52 bits per heavy atom. The summed E-state index contributed by atoms with van der Waals surface area (Å²) < 4.78 is 38.5. The molecule has 0 aliphatic rings. The van der Waals surface area contributed by atoms with Crippen LogP contribution in [0.15, 0.2) is 30.6 Å². The summed E-state index contributed by atoms with van der Waals surface area (Å²) in [6.45, 7) is 2.27. The molecule has 0 aromatic carbocycles. The number of rotatable bonds is 4. The van der Waals surface area contributed by atoms with Gasteiger partial charge in [-0.15, -0.1) is 0 Å². The highest BCUT2D eigenvalue weighted by Gasteiger charge is 2.31. The van der Waals surface area contributed by atoms with E-state index in [-0.39, 0.29) is 11.6 Å². The van der Waals surface area contributed by atoms with Crippen molar-refractivity contribution in [2.45, 2.75) is 19.6 Å². The van der Waals surface area contributed by atoms with E-state index in [1.165, 1.54) is 7.05 Å². The maximum absolute atomic E-state index is 12.8. The number of nitrogens with one attached hydrogen (secondary N) is 2. The largest absolute Gasteiger partial charge is 0.416 e. The van der Waals surface area contributed by atoms with E-state index >= 15 is 0 Å². The molecule has 2 aromatic heterocycles. The molecule has 0 atom stereocenters. The van der Waals surface area contributed by atoms with Crippen molar-refractivity contribution in [1.82, 2.24) is 9.97 Å². The molecule has 0 aliphatic heterocycles. The molecule has 0 radical (unpaired) electrons. The number of anilines is 2. The molecule has 112 valence electrons. The fourth-order valence-electron chi connectivity index (χ4n) is 1.80. The lowest BCUT2D eigenvalue weighted by Crippen LogP contribution is -2.10. The Balaban J connectivity index is 2.22. The smallest absolute Gasteiger partial charge is 0.373 e. The molecule has 0 aliphatic carbocycles. The highest BCUT2D eigenvalue weighted by Crippen LogP contribution is 2.32. The summed E-state index contributed by atoms with van der Waals surface area (Å²) in [7, 11) is 1.53. The van der Waals surface area contributed by atoms with Gasteiger partial charge in [0.2, 0.25) is 0 Å². The van der Waals surface area contributed by atoms with Gasteiger partial charge in [0.1, 0.15) is 11.6 Å². The third kappa shape index (κ3) is 3.84. The van der Waals surface area contributed by atoms with Crippen LogP contribution in [0.1, 0.15) is 16.7 Å². The summed E-state index contributed by atoms with van der Waals surface area (Å²) in [6.07, 6.45) is -1.06. The van der Waals surface area contributed by atoms with Gasteiger partial charge < -0.3 is 10.6 Å². The molecular formula is C14H15F3N4. The number of halogens is 3. The molecule has 7 heteroatoms. The molecule has 2 aromatic rings. The van der Waals surface area contributed by atoms with Crippen LogP contribution in [0.2, 0.25) is 0 Å².